The average Bonchev–Trinajstić information content (AvgIpc) is 3.40. The molecule has 0 saturated heterocycles. The highest BCUT2D eigenvalue weighted by molar-refractivity contribution is 5.92. The Morgan fingerprint density at radius 2 is 1.87 bits per heavy atom. The van der Waals surface area contributed by atoms with Crippen molar-refractivity contribution in [1.29, 1.82) is 0 Å². The number of halogens is 1. The van der Waals surface area contributed by atoms with Crippen LogP contribution < -0.4 is 5.69 Å². The van der Waals surface area contributed by atoms with Crippen LogP contribution in [0.4, 0.5) is 4.39 Å². The third-order valence-electron chi connectivity index (χ3n) is 5.07. The molecule has 0 atom stereocenters. The Morgan fingerprint density at radius 3 is 2.68 bits per heavy atom. The lowest BCUT2D eigenvalue weighted by molar-refractivity contribution is 0.411. The van der Waals surface area contributed by atoms with E-state index in [1.54, 1.807) is 35.0 Å². The number of aromatic amines is 1. The zero-order chi connectivity index (χ0) is 21.4. The standard InChI is InChI=1S/C24H17FN4O2/c1-15-14-26-24(30)29(15)18-6-4-5-17(13-18)23-27-22(31-28-23)12-10-16-9-11-21(25)20-8-3-2-7-19(16)20/h2-14H,1H3,(H,26,30)/b12-10+. The van der Waals surface area contributed by atoms with Crippen LogP contribution in [0.2, 0.25) is 0 Å². The number of imidazole rings is 1. The highest BCUT2D eigenvalue weighted by atomic mass is 19.1. The molecule has 0 saturated carbocycles. The molecule has 0 aliphatic carbocycles. The van der Waals surface area contributed by atoms with Crippen molar-refractivity contribution in [3.63, 3.8) is 0 Å². The molecule has 0 spiro atoms. The maximum Gasteiger partial charge on any atom is 0.330 e. The van der Waals surface area contributed by atoms with Crippen molar-refractivity contribution < 1.29 is 8.91 Å². The van der Waals surface area contributed by atoms with Gasteiger partial charge in [-0.2, -0.15) is 4.98 Å². The molecule has 7 heteroatoms. The van der Waals surface area contributed by atoms with Gasteiger partial charge in [0.05, 0.1) is 5.69 Å². The summed E-state index contributed by atoms with van der Waals surface area (Å²) in [6.45, 7) is 1.85. The lowest BCUT2D eigenvalue weighted by Crippen LogP contribution is -2.15. The van der Waals surface area contributed by atoms with E-state index in [1.807, 2.05) is 49.4 Å². The van der Waals surface area contributed by atoms with Gasteiger partial charge in [0.25, 0.3) is 5.89 Å². The first-order chi connectivity index (χ1) is 15.1. The molecule has 5 aromatic rings. The molecule has 2 aromatic heterocycles. The Kier molecular flexibility index (Phi) is 4.55. The maximum atomic E-state index is 14.0. The van der Waals surface area contributed by atoms with Gasteiger partial charge in [-0.3, -0.25) is 4.57 Å². The summed E-state index contributed by atoms with van der Waals surface area (Å²) in [5.41, 5.74) is 2.87. The maximum absolute atomic E-state index is 14.0. The third kappa shape index (κ3) is 3.46. The van der Waals surface area contributed by atoms with Gasteiger partial charge in [0.1, 0.15) is 5.82 Å². The predicted molar refractivity (Wildman–Crippen MR) is 117 cm³/mol. The normalized spacial score (nSPS) is 11.5. The van der Waals surface area contributed by atoms with Crippen molar-refractivity contribution in [2.24, 2.45) is 0 Å². The fourth-order valence-corrected chi connectivity index (χ4v) is 3.57. The summed E-state index contributed by atoms with van der Waals surface area (Å²) in [6, 6.07) is 17.8. The largest absolute Gasteiger partial charge is 0.334 e. The average molecular weight is 412 g/mol. The zero-order valence-electron chi connectivity index (χ0n) is 16.5. The second kappa shape index (κ2) is 7.53. The summed E-state index contributed by atoms with van der Waals surface area (Å²) in [5.74, 6) is 0.472. The van der Waals surface area contributed by atoms with Gasteiger partial charge in [0.15, 0.2) is 0 Å². The molecule has 31 heavy (non-hydrogen) atoms. The van der Waals surface area contributed by atoms with E-state index in [0.717, 1.165) is 22.2 Å². The van der Waals surface area contributed by atoms with Crippen molar-refractivity contribution in [3.8, 4) is 17.1 Å². The van der Waals surface area contributed by atoms with Crippen molar-refractivity contribution in [2.45, 2.75) is 6.92 Å². The molecule has 2 heterocycles. The van der Waals surface area contributed by atoms with Crippen LogP contribution in [0.1, 0.15) is 17.1 Å². The van der Waals surface area contributed by atoms with Crippen LogP contribution in [-0.4, -0.2) is 19.7 Å². The topological polar surface area (TPSA) is 76.7 Å². The van der Waals surface area contributed by atoms with Gasteiger partial charge < -0.3 is 9.51 Å². The Balaban J connectivity index is 1.46. The number of rotatable bonds is 4. The molecule has 0 fully saturated rings. The van der Waals surface area contributed by atoms with E-state index in [2.05, 4.69) is 15.1 Å². The molecule has 0 bridgehead atoms. The van der Waals surface area contributed by atoms with Crippen LogP contribution in [0.5, 0.6) is 0 Å². The summed E-state index contributed by atoms with van der Waals surface area (Å²) in [4.78, 5) is 19.2. The number of nitrogens with zero attached hydrogens (tertiary/aromatic N) is 3. The highest BCUT2D eigenvalue weighted by Gasteiger charge is 2.11. The van der Waals surface area contributed by atoms with Gasteiger partial charge >= 0.3 is 5.69 Å². The zero-order valence-corrected chi connectivity index (χ0v) is 16.5. The molecule has 1 N–H and O–H groups in total. The van der Waals surface area contributed by atoms with E-state index in [-0.39, 0.29) is 11.5 Å². The Bertz CT molecular complexity index is 1490. The molecule has 6 nitrogen and oxygen atoms in total. The number of H-pyrrole nitrogens is 1. The quantitative estimate of drug-likeness (QED) is 0.451. The summed E-state index contributed by atoms with van der Waals surface area (Å²) < 4.78 is 20.9. The summed E-state index contributed by atoms with van der Waals surface area (Å²) >= 11 is 0. The Labute approximate surface area is 176 Å². The van der Waals surface area contributed by atoms with Crippen molar-refractivity contribution in [1.82, 2.24) is 19.7 Å². The van der Waals surface area contributed by atoms with E-state index in [1.165, 1.54) is 6.07 Å². The van der Waals surface area contributed by atoms with Gasteiger partial charge in [0, 0.05) is 28.9 Å². The minimum absolute atomic E-state index is 0.210. The molecule has 152 valence electrons. The van der Waals surface area contributed by atoms with Crippen LogP contribution in [0.25, 0.3) is 40.0 Å². The molecule has 3 aromatic carbocycles. The fraction of sp³-hybridized carbons (Fsp3) is 0.0417. The van der Waals surface area contributed by atoms with E-state index in [0.29, 0.717) is 22.8 Å². The van der Waals surface area contributed by atoms with E-state index < -0.39 is 0 Å². The molecule has 0 radical (unpaired) electrons. The molecule has 0 aliphatic heterocycles. The lowest BCUT2D eigenvalue weighted by atomic mass is 10.0. The number of nitrogens with one attached hydrogen (secondary N) is 1. The van der Waals surface area contributed by atoms with E-state index in [4.69, 9.17) is 4.52 Å². The van der Waals surface area contributed by atoms with E-state index >= 15 is 0 Å². The number of hydrogen-bond acceptors (Lipinski definition) is 4. The van der Waals surface area contributed by atoms with Gasteiger partial charge in [-0.1, -0.05) is 47.6 Å². The second-order valence-corrected chi connectivity index (χ2v) is 7.09. The van der Waals surface area contributed by atoms with Crippen molar-refractivity contribution in [3.05, 3.63) is 100 Å². The molecule has 0 unspecified atom stereocenters. The first-order valence-corrected chi connectivity index (χ1v) is 9.67. The van der Waals surface area contributed by atoms with Crippen molar-refractivity contribution >= 4 is 22.9 Å². The Morgan fingerprint density at radius 1 is 1.03 bits per heavy atom. The number of hydrogen-bond donors (Lipinski definition) is 1. The van der Waals surface area contributed by atoms with E-state index in [9.17, 15) is 9.18 Å². The molecule has 5 rings (SSSR count). The Hall–Kier alpha value is -4.26. The van der Waals surface area contributed by atoms with Gasteiger partial charge in [-0.25, -0.2) is 9.18 Å². The molecular formula is C24H17FN4O2. The van der Waals surface area contributed by atoms with Gasteiger partial charge in [-0.15, -0.1) is 0 Å². The van der Waals surface area contributed by atoms with Crippen molar-refractivity contribution in [2.75, 3.05) is 0 Å². The van der Waals surface area contributed by atoms with Crippen LogP contribution in [0.15, 0.2) is 76.2 Å². The number of fused-ring (bicyclic) bond motifs is 1. The monoisotopic (exact) mass is 412 g/mol. The fourth-order valence-electron chi connectivity index (χ4n) is 3.57. The smallest absolute Gasteiger partial charge is 0.330 e. The van der Waals surface area contributed by atoms with Crippen LogP contribution >= 0.6 is 0 Å². The minimum Gasteiger partial charge on any atom is -0.334 e. The third-order valence-corrected chi connectivity index (χ3v) is 5.07. The molecule has 0 amide bonds. The van der Waals surface area contributed by atoms with Crippen LogP contribution in [0, 0.1) is 12.7 Å². The van der Waals surface area contributed by atoms with Crippen LogP contribution in [0.3, 0.4) is 0 Å². The number of benzene rings is 3. The van der Waals surface area contributed by atoms with Gasteiger partial charge in [-0.05, 0) is 42.1 Å². The number of aromatic nitrogens is 4. The molecule has 0 aliphatic rings. The van der Waals surface area contributed by atoms with Gasteiger partial charge in [0.2, 0.25) is 5.82 Å². The summed E-state index contributed by atoms with van der Waals surface area (Å²) in [5, 5.41) is 5.41. The summed E-state index contributed by atoms with van der Waals surface area (Å²) in [7, 11) is 0. The summed E-state index contributed by atoms with van der Waals surface area (Å²) in [6.07, 6.45) is 5.17. The molecular weight excluding hydrogens is 395 g/mol. The lowest BCUT2D eigenvalue weighted by Gasteiger charge is -2.05. The second-order valence-electron chi connectivity index (χ2n) is 7.09. The first kappa shape index (κ1) is 18.7. The highest BCUT2D eigenvalue weighted by Crippen LogP contribution is 2.24. The first-order valence-electron chi connectivity index (χ1n) is 9.67. The number of aryl methyl sites for hydroxylation is 1. The SMILES string of the molecule is Cc1c[nH]c(=O)n1-c1cccc(-c2noc(/C=C/c3ccc(F)c4ccccc34)n2)c1. The van der Waals surface area contributed by atoms with Crippen LogP contribution in [-0.2, 0) is 0 Å². The minimum atomic E-state index is -0.260. The predicted octanol–water partition coefficient (Wildman–Crippen LogP) is 4.99.